The van der Waals surface area contributed by atoms with Crippen molar-refractivity contribution in [2.75, 3.05) is 0 Å². The Morgan fingerprint density at radius 1 is 1.48 bits per heavy atom. The van der Waals surface area contributed by atoms with Crippen molar-refractivity contribution in [3.8, 4) is 11.4 Å². The monoisotopic (exact) mass is 289 g/mol. The minimum atomic E-state index is -1.13. The van der Waals surface area contributed by atoms with E-state index in [1.54, 1.807) is 6.07 Å². The molecule has 2 N–H and O–H groups in total. The number of carboxylic acids is 1. The zero-order valence-electron chi connectivity index (χ0n) is 11.0. The van der Waals surface area contributed by atoms with Gasteiger partial charge in [-0.1, -0.05) is 12.1 Å². The van der Waals surface area contributed by atoms with Gasteiger partial charge in [0.15, 0.2) is 0 Å². The zero-order chi connectivity index (χ0) is 15.6. The molecule has 8 nitrogen and oxygen atoms in total. The van der Waals surface area contributed by atoms with Gasteiger partial charge in [0, 0.05) is 29.0 Å². The molecule has 0 fully saturated rings. The van der Waals surface area contributed by atoms with Crippen LogP contribution in [-0.4, -0.2) is 26.0 Å². The van der Waals surface area contributed by atoms with Crippen molar-refractivity contribution in [1.82, 2.24) is 9.97 Å². The summed E-state index contributed by atoms with van der Waals surface area (Å²) in [7, 11) is 0. The molecule has 1 aromatic heterocycles. The molecule has 108 valence electrons. The second kappa shape index (κ2) is 5.53. The summed E-state index contributed by atoms with van der Waals surface area (Å²) in [5.74, 6) is -0.969. The van der Waals surface area contributed by atoms with Crippen LogP contribution < -0.4 is 5.56 Å². The maximum atomic E-state index is 11.9. The second-order valence-corrected chi connectivity index (χ2v) is 4.36. The van der Waals surface area contributed by atoms with E-state index in [0.717, 1.165) is 0 Å². The van der Waals surface area contributed by atoms with Gasteiger partial charge in [-0.15, -0.1) is 0 Å². The number of hydrogen-bond acceptors (Lipinski definition) is 5. The molecule has 0 saturated heterocycles. The summed E-state index contributed by atoms with van der Waals surface area (Å²) in [6.45, 7) is 1.52. The Hall–Kier alpha value is -3.03. The average molecular weight is 289 g/mol. The van der Waals surface area contributed by atoms with Crippen LogP contribution in [0.3, 0.4) is 0 Å². The van der Waals surface area contributed by atoms with Gasteiger partial charge >= 0.3 is 5.97 Å². The number of aryl methyl sites for hydroxylation is 1. The fraction of sp³-hybridized carbons (Fsp3) is 0.154. The molecule has 0 aliphatic carbocycles. The molecule has 2 aromatic rings. The first kappa shape index (κ1) is 14.4. The summed E-state index contributed by atoms with van der Waals surface area (Å²) < 4.78 is 0. The molecule has 0 aliphatic heterocycles. The summed E-state index contributed by atoms with van der Waals surface area (Å²) in [6, 6.07) is 5.66. The second-order valence-electron chi connectivity index (χ2n) is 4.36. The highest BCUT2D eigenvalue weighted by molar-refractivity contribution is 5.70. The fourth-order valence-corrected chi connectivity index (χ4v) is 1.87. The number of nitrogens with one attached hydrogen (secondary N) is 1. The number of hydrogen-bond donors (Lipinski definition) is 2. The van der Waals surface area contributed by atoms with E-state index in [-0.39, 0.29) is 22.8 Å². The predicted octanol–water partition coefficient (Wildman–Crippen LogP) is 1.28. The maximum Gasteiger partial charge on any atom is 0.308 e. The van der Waals surface area contributed by atoms with Crippen LogP contribution in [0.25, 0.3) is 11.4 Å². The van der Waals surface area contributed by atoms with E-state index < -0.39 is 22.9 Å². The lowest BCUT2D eigenvalue weighted by Crippen LogP contribution is -2.20. The number of aromatic nitrogens is 2. The predicted molar refractivity (Wildman–Crippen MR) is 73.0 cm³/mol. The molecule has 0 spiro atoms. The third kappa shape index (κ3) is 3.11. The molecule has 0 aliphatic rings. The van der Waals surface area contributed by atoms with E-state index in [1.807, 2.05) is 0 Å². The van der Waals surface area contributed by atoms with Gasteiger partial charge in [0.25, 0.3) is 11.2 Å². The lowest BCUT2D eigenvalue weighted by molar-refractivity contribution is -0.384. The topological polar surface area (TPSA) is 126 Å². The normalized spacial score (nSPS) is 10.3. The van der Waals surface area contributed by atoms with Crippen molar-refractivity contribution < 1.29 is 14.8 Å². The van der Waals surface area contributed by atoms with Crippen LogP contribution in [0, 0.1) is 17.0 Å². The largest absolute Gasteiger partial charge is 0.481 e. The average Bonchev–Trinajstić information content (AvgIpc) is 2.42. The van der Waals surface area contributed by atoms with E-state index >= 15 is 0 Å². The Labute approximate surface area is 118 Å². The number of nitrogens with zero attached hydrogens (tertiary/aromatic N) is 2. The fourth-order valence-electron chi connectivity index (χ4n) is 1.87. The number of carboxylic acid groups (broad SMARTS) is 1. The molecule has 1 heterocycles. The van der Waals surface area contributed by atoms with Crippen LogP contribution in [-0.2, 0) is 11.2 Å². The van der Waals surface area contributed by atoms with E-state index in [0.29, 0.717) is 5.56 Å². The Morgan fingerprint density at radius 3 is 2.76 bits per heavy atom. The summed E-state index contributed by atoms with van der Waals surface area (Å²) >= 11 is 0. The number of rotatable bonds is 4. The zero-order valence-corrected chi connectivity index (χ0v) is 11.0. The van der Waals surface area contributed by atoms with Crippen LogP contribution >= 0.6 is 0 Å². The number of non-ortho nitro benzene ring substituents is 1. The molecule has 2 rings (SSSR count). The van der Waals surface area contributed by atoms with Gasteiger partial charge in [0.05, 0.1) is 11.3 Å². The first-order chi connectivity index (χ1) is 9.88. The van der Waals surface area contributed by atoms with Crippen molar-refractivity contribution in [2.45, 2.75) is 13.3 Å². The van der Waals surface area contributed by atoms with E-state index in [9.17, 15) is 19.7 Å². The molecule has 21 heavy (non-hydrogen) atoms. The number of nitro groups is 1. The Bertz CT molecular complexity index is 782. The van der Waals surface area contributed by atoms with Crippen LogP contribution in [0.1, 0.15) is 11.3 Å². The van der Waals surface area contributed by atoms with E-state index in [1.165, 1.54) is 25.1 Å². The number of nitro benzene ring substituents is 1. The minimum absolute atomic E-state index is 0.0664. The lowest BCUT2D eigenvalue weighted by atomic mass is 10.1. The highest BCUT2D eigenvalue weighted by Gasteiger charge is 2.14. The third-order valence-electron chi connectivity index (χ3n) is 2.88. The number of H-pyrrole nitrogens is 1. The standard InChI is InChI=1S/C13H11N3O5/c1-7-10(6-11(17)18)13(19)15-12(14-7)8-3-2-4-9(5-8)16(20)21/h2-5H,6H2,1H3,(H,17,18)(H,14,15,19). The minimum Gasteiger partial charge on any atom is -0.481 e. The summed E-state index contributed by atoms with van der Waals surface area (Å²) in [5, 5.41) is 19.5. The van der Waals surface area contributed by atoms with Crippen LogP contribution in [0.15, 0.2) is 29.1 Å². The number of aliphatic carboxylic acids is 1. The van der Waals surface area contributed by atoms with Crippen molar-refractivity contribution in [1.29, 1.82) is 0 Å². The SMILES string of the molecule is Cc1nc(-c2cccc([N+](=O)[O-])c2)[nH]c(=O)c1CC(=O)O. The highest BCUT2D eigenvalue weighted by Crippen LogP contribution is 2.20. The van der Waals surface area contributed by atoms with Gasteiger partial charge in [0.1, 0.15) is 5.82 Å². The smallest absolute Gasteiger partial charge is 0.308 e. The molecule has 8 heteroatoms. The molecular formula is C13H11N3O5. The number of carbonyl (C=O) groups is 1. The Kier molecular flexibility index (Phi) is 3.79. The van der Waals surface area contributed by atoms with Gasteiger partial charge in [-0.3, -0.25) is 19.7 Å². The third-order valence-corrected chi connectivity index (χ3v) is 2.88. The molecule has 0 radical (unpaired) electrons. The molecule has 0 atom stereocenters. The van der Waals surface area contributed by atoms with Gasteiger partial charge in [-0.2, -0.15) is 0 Å². The summed E-state index contributed by atoms with van der Waals surface area (Å²) in [5.41, 5.74) is 0.0411. The van der Waals surface area contributed by atoms with Gasteiger partial charge in [-0.25, -0.2) is 4.98 Å². The quantitative estimate of drug-likeness (QED) is 0.645. The first-order valence-electron chi connectivity index (χ1n) is 5.95. The van der Waals surface area contributed by atoms with Crippen molar-refractivity contribution >= 4 is 11.7 Å². The van der Waals surface area contributed by atoms with Crippen LogP contribution in [0.5, 0.6) is 0 Å². The van der Waals surface area contributed by atoms with E-state index in [4.69, 9.17) is 5.11 Å². The van der Waals surface area contributed by atoms with Crippen molar-refractivity contribution in [3.05, 3.63) is 56.0 Å². The van der Waals surface area contributed by atoms with Crippen molar-refractivity contribution in [3.63, 3.8) is 0 Å². The Balaban J connectivity index is 2.51. The molecule has 0 bridgehead atoms. The molecule has 0 amide bonds. The van der Waals surface area contributed by atoms with Crippen molar-refractivity contribution in [2.24, 2.45) is 0 Å². The first-order valence-corrected chi connectivity index (χ1v) is 5.95. The summed E-state index contributed by atoms with van der Waals surface area (Å²) in [6.07, 6.45) is -0.427. The molecule has 0 unspecified atom stereocenters. The number of aromatic amines is 1. The number of benzene rings is 1. The highest BCUT2D eigenvalue weighted by atomic mass is 16.6. The molecule has 0 saturated carbocycles. The Morgan fingerprint density at radius 2 is 2.19 bits per heavy atom. The van der Waals surface area contributed by atoms with E-state index in [2.05, 4.69) is 9.97 Å². The van der Waals surface area contributed by atoms with Gasteiger partial charge in [-0.05, 0) is 6.92 Å². The van der Waals surface area contributed by atoms with Crippen LogP contribution in [0.4, 0.5) is 5.69 Å². The molecule has 1 aromatic carbocycles. The molecular weight excluding hydrogens is 278 g/mol. The van der Waals surface area contributed by atoms with Gasteiger partial charge in [0.2, 0.25) is 0 Å². The maximum absolute atomic E-state index is 11.9. The summed E-state index contributed by atoms with van der Waals surface area (Å²) in [4.78, 5) is 39.3. The van der Waals surface area contributed by atoms with Gasteiger partial charge < -0.3 is 10.1 Å². The lowest BCUT2D eigenvalue weighted by Gasteiger charge is -2.05. The van der Waals surface area contributed by atoms with Crippen LogP contribution in [0.2, 0.25) is 0 Å².